The highest BCUT2D eigenvalue weighted by atomic mass is 35.5. The summed E-state index contributed by atoms with van der Waals surface area (Å²) < 4.78 is 0. The molecule has 4 fully saturated rings. The summed E-state index contributed by atoms with van der Waals surface area (Å²) in [6.07, 6.45) is 12.9. The van der Waals surface area contributed by atoms with Crippen LogP contribution in [0.3, 0.4) is 0 Å². The van der Waals surface area contributed by atoms with Crippen molar-refractivity contribution < 1.29 is 24.0 Å². The van der Waals surface area contributed by atoms with Crippen LogP contribution in [-0.2, 0) is 30.4 Å². The van der Waals surface area contributed by atoms with Crippen LogP contribution in [0.1, 0.15) is 64.4 Å². The molecule has 7 rings (SSSR count). The Morgan fingerprint density at radius 3 is 2.42 bits per heavy atom. The number of nitrogens with zero attached hydrogens (tertiary/aromatic N) is 4. The number of Topliss-reactive ketones (excluding diaryl/α,β-unsaturated/α-hetero) is 1. The number of ketones is 1. The van der Waals surface area contributed by atoms with Crippen LogP contribution in [0.15, 0.2) is 48.6 Å². The molecule has 4 amide bonds. The van der Waals surface area contributed by atoms with E-state index >= 15 is 0 Å². The lowest BCUT2D eigenvalue weighted by Gasteiger charge is -2.45. The summed E-state index contributed by atoms with van der Waals surface area (Å²) in [6, 6.07) is 5.34. The molecule has 0 bridgehead atoms. The van der Waals surface area contributed by atoms with Crippen molar-refractivity contribution in [3.8, 4) is 0 Å². The summed E-state index contributed by atoms with van der Waals surface area (Å²) >= 11 is 6.39. The van der Waals surface area contributed by atoms with Gasteiger partial charge >= 0.3 is 0 Å². The fourth-order valence-electron chi connectivity index (χ4n) is 8.96. The minimum Gasteiger partial charge on any atom is -0.328 e. The van der Waals surface area contributed by atoms with Crippen LogP contribution in [0.2, 0.25) is 5.02 Å². The molecule has 9 nitrogen and oxygen atoms in total. The van der Waals surface area contributed by atoms with Crippen LogP contribution in [0.25, 0.3) is 0 Å². The van der Waals surface area contributed by atoms with E-state index in [1.54, 1.807) is 19.6 Å². The lowest BCUT2D eigenvalue weighted by molar-refractivity contribution is -0.157. The second-order valence-electron chi connectivity index (χ2n) is 13.8. The standard InChI is InChI=1S/C35H41ClN4O5/c1-21(20-24-6-3-4-7-27(24)36)31(42)38-18-5-16-35(38)17-14-26-11-13-29(40(26)34(35)45)32(43)37-19-15-23-8-9-25-10-12-28(22(2)41)39(25)33(44)30(23)37/h3-4,6-9,14,17,21,23,25-26,28-30H,5,10-13,15-16,18-20H2,1-2H3/t21-,23-,25-,26-,28-,29-,30-,35+/m0/s1. The SMILES string of the molecule is CC(=O)[C@@H]1CC[C@@H]2C=C[C@H]3CCN(C(=O)[C@@H]4CC[C@H]5C=C[C@]6(CCCN6C(=O)[C@@H](C)Cc6ccccc6Cl)C(=O)N54)[C@@H]3C(=O)N21. The molecule has 1 aromatic rings. The van der Waals surface area contributed by atoms with E-state index in [9.17, 15) is 24.0 Å². The van der Waals surface area contributed by atoms with E-state index in [-0.39, 0.29) is 53.3 Å². The topological polar surface area (TPSA) is 98.3 Å². The number of fused-ring (bicyclic) bond motifs is 3. The van der Waals surface area contributed by atoms with Crippen LogP contribution in [0.5, 0.6) is 0 Å². The fraction of sp³-hybridized carbons (Fsp3) is 0.571. The van der Waals surface area contributed by atoms with Gasteiger partial charge in [0.2, 0.25) is 17.7 Å². The highest BCUT2D eigenvalue weighted by Gasteiger charge is 2.58. The highest BCUT2D eigenvalue weighted by Crippen LogP contribution is 2.43. The molecule has 6 heterocycles. The quantitative estimate of drug-likeness (QED) is 0.463. The number of likely N-dealkylation sites (tertiary alicyclic amines) is 2. The van der Waals surface area contributed by atoms with Crippen molar-refractivity contribution >= 4 is 41.0 Å². The molecule has 8 atom stereocenters. The number of carbonyl (C=O) groups is 5. The Morgan fingerprint density at radius 1 is 0.933 bits per heavy atom. The van der Waals surface area contributed by atoms with Gasteiger partial charge in [-0.05, 0) is 69.9 Å². The monoisotopic (exact) mass is 632 g/mol. The van der Waals surface area contributed by atoms with Gasteiger partial charge in [0.15, 0.2) is 5.78 Å². The zero-order valence-corrected chi connectivity index (χ0v) is 26.7. The number of rotatable bonds is 5. The molecule has 1 aromatic carbocycles. The largest absolute Gasteiger partial charge is 0.328 e. The van der Waals surface area contributed by atoms with Gasteiger partial charge in [-0.15, -0.1) is 0 Å². The van der Waals surface area contributed by atoms with Crippen molar-refractivity contribution in [2.75, 3.05) is 13.1 Å². The highest BCUT2D eigenvalue weighted by molar-refractivity contribution is 6.31. The van der Waals surface area contributed by atoms with Gasteiger partial charge in [-0.1, -0.05) is 61.0 Å². The average molecular weight is 633 g/mol. The number of hydrogen-bond donors (Lipinski definition) is 0. The molecule has 6 aliphatic rings. The summed E-state index contributed by atoms with van der Waals surface area (Å²) in [4.78, 5) is 76.2. The third-order valence-electron chi connectivity index (χ3n) is 11.2. The number of halogens is 1. The van der Waals surface area contributed by atoms with Crippen molar-refractivity contribution in [3.63, 3.8) is 0 Å². The number of carbonyl (C=O) groups excluding carboxylic acids is 5. The Balaban J connectivity index is 1.12. The summed E-state index contributed by atoms with van der Waals surface area (Å²) in [5.74, 6) is -1.16. The van der Waals surface area contributed by atoms with Gasteiger partial charge in [0.05, 0.1) is 18.1 Å². The van der Waals surface area contributed by atoms with Crippen LogP contribution in [-0.4, -0.2) is 97.8 Å². The summed E-state index contributed by atoms with van der Waals surface area (Å²) in [5, 5.41) is 0.618. The first kappa shape index (κ1) is 30.2. The molecule has 0 saturated carbocycles. The van der Waals surface area contributed by atoms with Crippen LogP contribution < -0.4 is 0 Å². The summed E-state index contributed by atoms with van der Waals surface area (Å²) in [6.45, 7) is 4.32. The van der Waals surface area contributed by atoms with Crippen molar-refractivity contribution in [3.05, 3.63) is 59.2 Å². The third kappa shape index (κ3) is 4.75. The lowest BCUT2D eigenvalue weighted by atomic mass is 9.87. The smallest absolute Gasteiger partial charge is 0.253 e. The van der Waals surface area contributed by atoms with E-state index in [2.05, 4.69) is 6.08 Å². The van der Waals surface area contributed by atoms with E-state index in [4.69, 9.17) is 11.6 Å². The van der Waals surface area contributed by atoms with E-state index < -0.39 is 23.7 Å². The van der Waals surface area contributed by atoms with Crippen molar-refractivity contribution in [1.82, 2.24) is 19.6 Å². The van der Waals surface area contributed by atoms with Crippen LogP contribution in [0.4, 0.5) is 0 Å². The molecule has 1 spiro atoms. The van der Waals surface area contributed by atoms with Crippen LogP contribution >= 0.6 is 11.6 Å². The van der Waals surface area contributed by atoms with Crippen LogP contribution in [0, 0.1) is 11.8 Å². The molecule has 238 valence electrons. The molecule has 0 radical (unpaired) electrons. The van der Waals surface area contributed by atoms with Gasteiger partial charge in [-0.3, -0.25) is 24.0 Å². The molecule has 4 saturated heterocycles. The zero-order chi connectivity index (χ0) is 31.6. The molecular formula is C35H41ClN4O5. The fourth-order valence-corrected chi connectivity index (χ4v) is 9.17. The van der Waals surface area contributed by atoms with Gasteiger partial charge in [0.1, 0.15) is 17.6 Å². The lowest BCUT2D eigenvalue weighted by Crippen LogP contribution is -2.64. The van der Waals surface area contributed by atoms with Gasteiger partial charge in [-0.2, -0.15) is 0 Å². The second-order valence-corrected chi connectivity index (χ2v) is 14.2. The molecule has 45 heavy (non-hydrogen) atoms. The Bertz CT molecular complexity index is 1510. The maximum Gasteiger partial charge on any atom is 0.253 e. The van der Waals surface area contributed by atoms with Gasteiger partial charge in [0.25, 0.3) is 5.91 Å². The molecule has 6 aliphatic heterocycles. The van der Waals surface area contributed by atoms with E-state index in [1.807, 2.05) is 49.4 Å². The maximum absolute atomic E-state index is 14.5. The van der Waals surface area contributed by atoms with Crippen molar-refractivity contribution in [1.29, 1.82) is 0 Å². The minimum absolute atomic E-state index is 0.0277. The average Bonchev–Trinajstić information content (AvgIpc) is 3.81. The molecular weight excluding hydrogens is 592 g/mol. The molecule has 0 aromatic heterocycles. The van der Waals surface area contributed by atoms with E-state index in [1.165, 1.54) is 6.92 Å². The number of benzene rings is 1. The summed E-state index contributed by atoms with van der Waals surface area (Å²) in [5.41, 5.74) is -0.220. The summed E-state index contributed by atoms with van der Waals surface area (Å²) in [7, 11) is 0. The van der Waals surface area contributed by atoms with E-state index in [0.29, 0.717) is 63.1 Å². The van der Waals surface area contributed by atoms with Gasteiger partial charge in [0, 0.05) is 29.9 Å². The maximum atomic E-state index is 14.5. The first-order chi connectivity index (χ1) is 21.6. The minimum atomic E-state index is -1.11. The van der Waals surface area contributed by atoms with Crippen molar-refractivity contribution in [2.45, 2.75) is 101 Å². The predicted octanol–water partition coefficient (Wildman–Crippen LogP) is 3.54. The second kappa shape index (κ2) is 11.4. The molecule has 0 N–H and O–H groups in total. The Labute approximate surface area is 269 Å². The Hall–Kier alpha value is -3.46. The first-order valence-electron chi connectivity index (χ1n) is 16.5. The van der Waals surface area contributed by atoms with Gasteiger partial charge in [-0.25, -0.2) is 0 Å². The molecule has 0 aliphatic carbocycles. The zero-order valence-electron chi connectivity index (χ0n) is 25.9. The first-order valence-corrected chi connectivity index (χ1v) is 16.9. The third-order valence-corrected chi connectivity index (χ3v) is 11.6. The Morgan fingerprint density at radius 2 is 1.67 bits per heavy atom. The van der Waals surface area contributed by atoms with Gasteiger partial charge < -0.3 is 19.6 Å². The number of hydrogen-bond acceptors (Lipinski definition) is 5. The Kier molecular flexibility index (Phi) is 7.66. The number of amides is 4. The molecule has 10 heteroatoms. The predicted molar refractivity (Wildman–Crippen MR) is 168 cm³/mol. The van der Waals surface area contributed by atoms with Crippen molar-refractivity contribution in [2.24, 2.45) is 11.8 Å². The normalized spacial score (nSPS) is 34.3. The molecule has 0 unspecified atom stereocenters. The van der Waals surface area contributed by atoms with E-state index in [0.717, 1.165) is 12.0 Å².